The molecule has 17 heavy (non-hydrogen) atoms. The van der Waals surface area contributed by atoms with Crippen LogP contribution in [-0.4, -0.2) is 48.8 Å². The van der Waals surface area contributed by atoms with Crippen molar-refractivity contribution in [3.63, 3.8) is 0 Å². The number of aliphatic carboxylic acids is 1. The summed E-state index contributed by atoms with van der Waals surface area (Å²) in [6.45, 7) is 4.57. The zero-order valence-electron chi connectivity index (χ0n) is 10.8. The van der Waals surface area contributed by atoms with Crippen LogP contribution in [0.25, 0.3) is 0 Å². The van der Waals surface area contributed by atoms with Crippen LogP contribution in [0.15, 0.2) is 0 Å². The SMILES string of the molecule is CCC(C(=O)O)N1CC2CCCC2(COC)C1. The Kier molecular flexibility index (Phi) is 3.73. The van der Waals surface area contributed by atoms with Crippen LogP contribution in [-0.2, 0) is 9.53 Å². The molecule has 1 aliphatic carbocycles. The van der Waals surface area contributed by atoms with Crippen molar-refractivity contribution in [2.75, 3.05) is 26.8 Å². The number of carboxylic acid groups (broad SMARTS) is 1. The van der Waals surface area contributed by atoms with Crippen LogP contribution >= 0.6 is 0 Å². The molecule has 0 spiro atoms. The molecular weight excluding hydrogens is 218 g/mol. The summed E-state index contributed by atoms with van der Waals surface area (Å²) >= 11 is 0. The quantitative estimate of drug-likeness (QED) is 0.794. The van der Waals surface area contributed by atoms with Gasteiger partial charge in [0.15, 0.2) is 0 Å². The van der Waals surface area contributed by atoms with Crippen LogP contribution in [0.3, 0.4) is 0 Å². The second-order valence-corrected chi connectivity index (χ2v) is 5.58. The fourth-order valence-corrected chi connectivity index (χ4v) is 3.81. The van der Waals surface area contributed by atoms with Crippen molar-refractivity contribution in [3.05, 3.63) is 0 Å². The fraction of sp³-hybridized carbons (Fsp3) is 0.923. The maximum atomic E-state index is 11.2. The van der Waals surface area contributed by atoms with E-state index in [1.54, 1.807) is 7.11 Å². The lowest BCUT2D eigenvalue weighted by Gasteiger charge is -2.29. The Labute approximate surface area is 103 Å². The molecule has 4 nitrogen and oxygen atoms in total. The minimum atomic E-state index is -0.681. The Morgan fingerprint density at radius 2 is 2.41 bits per heavy atom. The highest BCUT2D eigenvalue weighted by Crippen LogP contribution is 2.49. The Morgan fingerprint density at radius 3 is 3.00 bits per heavy atom. The summed E-state index contributed by atoms with van der Waals surface area (Å²) in [5.41, 5.74) is 0.234. The van der Waals surface area contributed by atoms with Gasteiger partial charge in [-0.1, -0.05) is 13.3 Å². The second kappa shape index (κ2) is 4.94. The Bertz CT molecular complexity index is 294. The van der Waals surface area contributed by atoms with E-state index < -0.39 is 5.97 Å². The minimum Gasteiger partial charge on any atom is -0.480 e. The molecule has 1 N–H and O–H groups in total. The first-order chi connectivity index (χ1) is 8.13. The van der Waals surface area contributed by atoms with Gasteiger partial charge in [0.2, 0.25) is 0 Å². The average molecular weight is 241 g/mol. The van der Waals surface area contributed by atoms with E-state index in [0.29, 0.717) is 12.3 Å². The van der Waals surface area contributed by atoms with Crippen LogP contribution in [0.2, 0.25) is 0 Å². The molecule has 0 aromatic carbocycles. The number of carboxylic acids is 1. The smallest absolute Gasteiger partial charge is 0.320 e. The molecule has 0 aromatic heterocycles. The molecule has 98 valence electrons. The molecule has 0 radical (unpaired) electrons. The summed E-state index contributed by atoms with van der Waals surface area (Å²) in [6.07, 6.45) is 4.38. The maximum Gasteiger partial charge on any atom is 0.320 e. The lowest BCUT2D eigenvalue weighted by atomic mass is 9.82. The standard InChI is InChI=1S/C13H23NO3/c1-3-11(12(15)16)14-7-10-5-4-6-13(10,8-14)9-17-2/h10-11H,3-9H2,1-2H3,(H,15,16). The van der Waals surface area contributed by atoms with Gasteiger partial charge in [-0.15, -0.1) is 0 Å². The summed E-state index contributed by atoms with van der Waals surface area (Å²) in [4.78, 5) is 13.4. The Balaban J connectivity index is 2.09. The number of nitrogens with zero attached hydrogens (tertiary/aromatic N) is 1. The first-order valence-corrected chi connectivity index (χ1v) is 6.59. The molecule has 0 aromatic rings. The van der Waals surface area contributed by atoms with E-state index in [1.807, 2.05) is 6.92 Å². The van der Waals surface area contributed by atoms with Crippen LogP contribution < -0.4 is 0 Å². The number of likely N-dealkylation sites (tertiary alicyclic amines) is 1. The molecule has 1 saturated heterocycles. The van der Waals surface area contributed by atoms with E-state index in [2.05, 4.69) is 4.90 Å². The first kappa shape index (κ1) is 12.8. The van der Waals surface area contributed by atoms with Gasteiger partial charge in [-0.3, -0.25) is 9.69 Å². The van der Waals surface area contributed by atoms with E-state index in [1.165, 1.54) is 19.3 Å². The summed E-state index contributed by atoms with van der Waals surface area (Å²) in [7, 11) is 1.75. The van der Waals surface area contributed by atoms with E-state index in [-0.39, 0.29) is 11.5 Å². The molecule has 2 fully saturated rings. The van der Waals surface area contributed by atoms with Gasteiger partial charge in [-0.25, -0.2) is 0 Å². The van der Waals surface area contributed by atoms with Crippen molar-refractivity contribution >= 4 is 5.97 Å². The van der Waals surface area contributed by atoms with Crippen molar-refractivity contribution in [2.24, 2.45) is 11.3 Å². The van der Waals surface area contributed by atoms with Crippen molar-refractivity contribution in [2.45, 2.75) is 38.6 Å². The van der Waals surface area contributed by atoms with E-state index in [4.69, 9.17) is 4.74 Å². The monoisotopic (exact) mass is 241 g/mol. The topological polar surface area (TPSA) is 49.8 Å². The average Bonchev–Trinajstić information content (AvgIpc) is 2.75. The van der Waals surface area contributed by atoms with Gasteiger partial charge in [-0.05, 0) is 25.2 Å². The molecule has 2 aliphatic rings. The number of carbonyl (C=O) groups is 1. The molecule has 0 bridgehead atoms. The van der Waals surface area contributed by atoms with Crippen LogP contribution in [0, 0.1) is 11.3 Å². The summed E-state index contributed by atoms with van der Waals surface area (Å²) in [6, 6.07) is -0.311. The van der Waals surface area contributed by atoms with Gasteiger partial charge in [0, 0.05) is 25.6 Å². The molecule has 3 atom stereocenters. The molecule has 1 aliphatic heterocycles. The molecule has 2 rings (SSSR count). The molecule has 1 heterocycles. The highest BCUT2D eigenvalue weighted by molar-refractivity contribution is 5.73. The predicted octanol–water partition coefficient (Wildman–Crippen LogP) is 1.60. The number of hydrogen-bond acceptors (Lipinski definition) is 3. The summed E-state index contributed by atoms with van der Waals surface area (Å²) in [5.74, 6) is -0.0455. The van der Waals surface area contributed by atoms with Gasteiger partial charge in [-0.2, -0.15) is 0 Å². The maximum absolute atomic E-state index is 11.2. The normalized spacial score (nSPS) is 34.8. The zero-order valence-corrected chi connectivity index (χ0v) is 10.8. The molecule has 4 heteroatoms. The number of fused-ring (bicyclic) bond motifs is 1. The number of methoxy groups -OCH3 is 1. The van der Waals surface area contributed by atoms with Gasteiger partial charge in [0.25, 0.3) is 0 Å². The molecule has 1 saturated carbocycles. The van der Waals surface area contributed by atoms with Gasteiger partial charge in [0.05, 0.1) is 6.61 Å². The molecule has 3 unspecified atom stereocenters. The van der Waals surface area contributed by atoms with Crippen LogP contribution in [0.1, 0.15) is 32.6 Å². The number of ether oxygens (including phenoxy) is 1. The molecular formula is C13H23NO3. The van der Waals surface area contributed by atoms with Gasteiger partial charge >= 0.3 is 5.97 Å². The lowest BCUT2D eigenvalue weighted by Crippen LogP contribution is -2.41. The van der Waals surface area contributed by atoms with E-state index in [9.17, 15) is 9.90 Å². The number of hydrogen-bond donors (Lipinski definition) is 1. The summed E-state index contributed by atoms with van der Waals surface area (Å²) in [5, 5.41) is 9.24. The Morgan fingerprint density at radius 1 is 1.65 bits per heavy atom. The largest absolute Gasteiger partial charge is 0.480 e. The van der Waals surface area contributed by atoms with E-state index in [0.717, 1.165) is 19.7 Å². The third-order valence-electron chi connectivity index (χ3n) is 4.61. The predicted molar refractivity (Wildman–Crippen MR) is 64.9 cm³/mol. The lowest BCUT2D eigenvalue weighted by molar-refractivity contribution is -0.143. The highest BCUT2D eigenvalue weighted by Gasteiger charge is 2.51. The fourth-order valence-electron chi connectivity index (χ4n) is 3.81. The highest BCUT2D eigenvalue weighted by atomic mass is 16.5. The molecule has 0 amide bonds. The van der Waals surface area contributed by atoms with Crippen molar-refractivity contribution in [3.8, 4) is 0 Å². The van der Waals surface area contributed by atoms with Crippen molar-refractivity contribution in [1.82, 2.24) is 4.90 Å². The van der Waals surface area contributed by atoms with E-state index >= 15 is 0 Å². The second-order valence-electron chi connectivity index (χ2n) is 5.58. The zero-order chi connectivity index (χ0) is 12.5. The van der Waals surface area contributed by atoms with Crippen LogP contribution in [0.5, 0.6) is 0 Å². The van der Waals surface area contributed by atoms with Crippen molar-refractivity contribution in [1.29, 1.82) is 0 Å². The minimum absolute atomic E-state index is 0.234. The first-order valence-electron chi connectivity index (χ1n) is 6.59. The number of rotatable bonds is 5. The van der Waals surface area contributed by atoms with Crippen LogP contribution in [0.4, 0.5) is 0 Å². The third-order valence-corrected chi connectivity index (χ3v) is 4.61. The summed E-state index contributed by atoms with van der Waals surface area (Å²) < 4.78 is 5.38. The Hall–Kier alpha value is -0.610. The van der Waals surface area contributed by atoms with Gasteiger partial charge in [0.1, 0.15) is 6.04 Å². The van der Waals surface area contributed by atoms with Crippen molar-refractivity contribution < 1.29 is 14.6 Å². The van der Waals surface area contributed by atoms with Gasteiger partial charge < -0.3 is 9.84 Å². The third kappa shape index (κ3) is 2.20.